The normalized spacial score (nSPS) is 16.5. The first kappa shape index (κ1) is 14.8. The van der Waals surface area contributed by atoms with E-state index in [9.17, 15) is 0 Å². The largest absolute Gasteiger partial charge is 0.454 e. The van der Waals surface area contributed by atoms with Crippen molar-refractivity contribution in [1.82, 2.24) is 9.88 Å². The van der Waals surface area contributed by atoms with Crippen LogP contribution >= 0.6 is 11.3 Å². The van der Waals surface area contributed by atoms with E-state index in [0.29, 0.717) is 6.79 Å². The highest BCUT2D eigenvalue weighted by molar-refractivity contribution is 7.15. The van der Waals surface area contributed by atoms with Gasteiger partial charge >= 0.3 is 0 Å². The molecule has 5 nitrogen and oxygen atoms in total. The minimum atomic E-state index is 0.328. The molecule has 0 bridgehead atoms. The molecule has 0 spiro atoms. The molecule has 0 aliphatic carbocycles. The molecular weight excluding hydrogens is 310 g/mol. The van der Waals surface area contributed by atoms with Gasteiger partial charge in [-0.05, 0) is 37.6 Å². The molecular formula is C17H21N3O2S. The zero-order valence-electron chi connectivity index (χ0n) is 13.3. The van der Waals surface area contributed by atoms with Crippen molar-refractivity contribution in [2.75, 3.05) is 31.8 Å². The number of aromatic nitrogens is 1. The van der Waals surface area contributed by atoms with Gasteiger partial charge in [0.1, 0.15) is 0 Å². The number of ether oxygens (including phenoxy) is 2. The van der Waals surface area contributed by atoms with Crippen molar-refractivity contribution in [3.05, 3.63) is 34.8 Å². The molecule has 1 aromatic carbocycles. The summed E-state index contributed by atoms with van der Waals surface area (Å²) in [5, 5.41) is 1.17. The van der Waals surface area contributed by atoms with Crippen LogP contribution in [0.5, 0.6) is 11.5 Å². The second-order valence-electron chi connectivity index (χ2n) is 6.16. The van der Waals surface area contributed by atoms with Crippen molar-refractivity contribution in [3.63, 3.8) is 0 Å². The molecule has 122 valence electrons. The second kappa shape index (κ2) is 6.37. The van der Waals surface area contributed by atoms with E-state index in [2.05, 4.69) is 34.0 Å². The van der Waals surface area contributed by atoms with Crippen LogP contribution in [0.3, 0.4) is 0 Å². The maximum absolute atomic E-state index is 5.45. The fourth-order valence-corrected chi connectivity index (χ4v) is 4.14. The molecule has 0 radical (unpaired) electrons. The van der Waals surface area contributed by atoms with Gasteiger partial charge in [-0.1, -0.05) is 6.07 Å². The molecule has 1 aromatic heterocycles. The Morgan fingerprint density at radius 3 is 2.87 bits per heavy atom. The van der Waals surface area contributed by atoms with E-state index in [1.165, 1.54) is 28.4 Å². The molecule has 1 fully saturated rings. The molecule has 0 atom stereocenters. The Hall–Kier alpha value is -1.79. The van der Waals surface area contributed by atoms with E-state index in [-0.39, 0.29) is 0 Å². The average Bonchev–Trinajstić information content (AvgIpc) is 3.27. The molecule has 0 N–H and O–H groups in total. The smallest absolute Gasteiger partial charge is 0.231 e. The minimum absolute atomic E-state index is 0.328. The average molecular weight is 331 g/mol. The monoisotopic (exact) mass is 331 g/mol. The lowest BCUT2D eigenvalue weighted by atomic mass is 10.2. The quantitative estimate of drug-likeness (QED) is 0.842. The van der Waals surface area contributed by atoms with E-state index in [1.807, 2.05) is 23.6 Å². The maximum atomic E-state index is 5.45. The number of rotatable bonds is 5. The van der Waals surface area contributed by atoms with Crippen LogP contribution < -0.4 is 14.4 Å². The molecule has 6 heteroatoms. The zero-order chi connectivity index (χ0) is 15.6. The number of thiazole rings is 1. The number of hydrogen-bond acceptors (Lipinski definition) is 6. The maximum Gasteiger partial charge on any atom is 0.231 e. The standard InChI is InChI=1S/C17H21N3O2S/c1-19(10-13-4-5-15-16(8-13)22-12-21-15)11-14-9-18-17(23-14)20-6-2-3-7-20/h4-5,8-9H,2-3,6-7,10-12H2,1H3. The van der Waals surface area contributed by atoms with Crippen molar-refractivity contribution < 1.29 is 9.47 Å². The first-order valence-electron chi connectivity index (χ1n) is 8.05. The van der Waals surface area contributed by atoms with Crippen LogP contribution in [0.15, 0.2) is 24.4 Å². The molecule has 4 rings (SSSR count). The Morgan fingerprint density at radius 1 is 1.17 bits per heavy atom. The predicted molar refractivity (Wildman–Crippen MR) is 91.3 cm³/mol. The van der Waals surface area contributed by atoms with E-state index in [4.69, 9.17) is 9.47 Å². The molecule has 2 aliphatic rings. The van der Waals surface area contributed by atoms with Gasteiger partial charge in [0.15, 0.2) is 16.6 Å². The summed E-state index contributed by atoms with van der Waals surface area (Å²) in [5.41, 5.74) is 1.24. The lowest BCUT2D eigenvalue weighted by Crippen LogP contribution is -2.17. The second-order valence-corrected chi connectivity index (χ2v) is 7.26. The number of benzene rings is 1. The van der Waals surface area contributed by atoms with Gasteiger partial charge < -0.3 is 14.4 Å². The predicted octanol–water partition coefficient (Wildman–Crippen LogP) is 3.10. The molecule has 2 aliphatic heterocycles. The van der Waals surface area contributed by atoms with Gasteiger partial charge in [-0.3, -0.25) is 4.90 Å². The van der Waals surface area contributed by atoms with Crippen LogP contribution in [0.2, 0.25) is 0 Å². The fourth-order valence-electron chi connectivity index (χ4n) is 3.10. The first-order valence-corrected chi connectivity index (χ1v) is 8.86. The molecule has 0 unspecified atom stereocenters. The summed E-state index contributed by atoms with van der Waals surface area (Å²) in [5.74, 6) is 1.69. The van der Waals surface area contributed by atoms with Gasteiger partial charge in [0.2, 0.25) is 6.79 Å². The van der Waals surface area contributed by atoms with Crippen LogP contribution in [0.4, 0.5) is 5.13 Å². The number of hydrogen-bond donors (Lipinski definition) is 0. The molecule has 2 aromatic rings. The minimum Gasteiger partial charge on any atom is -0.454 e. The van der Waals surface area contributed by atoms with Gasteiger partial charge in [-0.2, -0.15) is 0 Å². The van der Waals surface area contributed by atoms with Crippen LogP contribution in [0.25, 0.3) is 0 Å². The van der Waals surface area contributed by atoms with Gasteiger partial charge in [-0.25, -0.2) is 4.98 Å². The van der Waals surface area contributed by atoms with Gasteiger partial charge in [-0.15, -0.1) is 11.3 Å². The summed E-state index contributed by atoms with van der Waals surface area (Å²) in [7, 11) is 2.14. The topological polar surface area (TPSA) is 37.8 Å². The summed E-state index contributed by atoms with van der Waals surface area (Å²) >= 11 is 1.82. The van der Waals surface area contributed by atoms with Crippen molar-refractivity contribution in [2.24, 2.45) is 0 Å². The number of fused-ring (bicyclic) bond motifs is 1. The SMILES string of the molecule is CN(Cc1ccc2c(c1)OCO2)Cc1cnc(N2CCCC2)s1. The molecule has 0 saturated carbocycles. The van der Waals surface area contributed by atoms with Crippen LogP contribution in [0, 0.1) is 0 Å². The van der Waals surface area contributed by atoms with Crippen molar-refractivity contribution in [3.8, 4) is 11.5 Å². The fraction of sp³-hybridized carbons (Fsp3) is 0.471. The van der Waals surface area contributed by atoms with Crippen LogP contribution in [-0.2, 0) is 13.1 Å². The Labute approximate surface area is 140 Å². The lowest BCUT2D eigenvalue weighted by Gasteiger charge is -2.16. The van der Waals surface area contributed by atoms with Crippen molar-refractivity contribution in [2.45, 2.75) is 25.9 Å². The lowest BCUT2D eigenvalue weighted by molar-refractivity contribution is 0.174. The number of nitrogens with zero attached hydrogens (tertiary/aromatic N) is 3. The Bertz CT molecular complexity index is 682. The third-order valence-corrected chi connectivity index (χ3v) is 5.28. The highest BCUT2D eigenvalue weighted by Crippen LogP contribution is 2.33. The Morgan fingerprint density at radius 2 is 2.00 bits per heavy atom. The number of anilines is 1. The molecule has 0 amide bonds. The first-order chi connectivity index (χ1) is 11.3. The molecule has 23 heavy (non-hydrogen) atoms. The summed E-state index contributed by atoms with van der Waals surface area (Å²) in [6, 6.07) is 6.16. The summed E-state index contributed by atoms with van der Waals surface area (Å²) in [6.07, 6.45) is 4.60. The van der Waals surface area contributed by atoms with Gasteiger partial charge in [0, 0.05) is 37.3 Å². The molecule has 1 saturated heterocycles. The van der Waals surface area contributed by atoms with Gasteiger partial charge in [0.05, 0.1) is 0 Å². The molecule has 3 heterocycles. The summed E-state index contributed by atoms with van der Waals surface area (Å²) in [4.78, 5) is 10.6. The Balaban J connectivity index is 1.37. The third kappa shape index (κ3) is 3.28. The highest BCUT2D eigenvalue weighted by atomic mass is 32.1. The van der Waals surface area contributed by atoms with Gasteiger partial charge in [0.25, 0.3) is 0 Å². The van der Waals surface area contributed by atoms with E-state index in [0.717, 1.165) is 37.7 Å². The summed E-state index contributed by atoms with van der Waals surface area (Å²) in [6.45, 7) is 4.43. The third-order valence-electron chi connectivity index (χ3n) is 4.23. The summed E-state index contributed by atoms with van der Waals surface area (Å²) < 4.78 is 10.8. The van der Waals surface area contributed by atoms with E-state index >= 15 is 0 Å². The van der Waals surface area contributed by atoms with Crippen molar-refractivity contribution in [1.29, 1.82) is 0 Å². The van der Waals surface area contributed by atoms with Crippen LogP contribution in [0.1, 0.15) is 23.3 Å². The highest BCUT2D eigenvalue weighted by Gasteiger charge is 2.17. The van der Waals surface area contributed by atoms with Crippen molar-refractivity contribution >= 4 is 16.5 Å². The zero-order valence-corrected chi connectivity index (χ0v) is 14.1. The van der Waals surface area contributed by atoms with Crippen LogP contribution in [-0.4, -0.2) is 36.8 Å². The van der Waals surface area contributed by atoms with E-state index in [1.54, 1.807) is 0 Å². The van der Waals surface area contributed by atoms with E-state index < -0.39 is 0 Å². The Kier molecular flexibility index (Phi) is 4.10.